The van der Waals surface area contributed by atoms with Gasteiger partial charge in [0.1, 0.15) is 12.1 Å². The molecule has 0 aromatic carbocycles. The number of piperazine rings is 1. The van der Waals surface area contributed by atoms with Crippen molar-refractivity contribution in [3.8, 4) is 0 Å². The smallest absolute Gasteiger partial charge is 0.410 e. The molecule has 2 unspecified atom stereocenters. The molecule has 2 bridgehead atoms. The highest BCUT2D eigenvalue weighted by atomic mass is 16.6. The van der Waals surface area contributed by atoms with Crippen LogP contribution in [-0.2, 0) is 20.8 Å². The molecule has 3 aromatic heterocycles. The number of likely N-dealkylation sites (N-methyl/N-ethyl adjacent to an activating group) is 1. The highest BCUT2D eigenvalue weighted by Gasteiger charge is 2.44. The van der Waals surface area contributed by atoms with Gasteiger partial charge in [-0.2, -0.15) is 10.1 Å². The Bertz CT molecular complexity index is 1520. The van der Waals surface area contributed by atoms with Crippen molar-refractivity contribution in [3.63, 3.8) is 0 Å². The Morgan fingerprint density at radius 3 is 2.49 bits per heavy atom. The van der Waals surface area contributed by atoms with Crippen molar-refractivity contribution in [2.45, 2.75) is 82.8 Å². The SMILES string of the molecule is CN(C1CCN(C(=O)Cn2cc(Nc3nc4c(N5CC6CCC(C5)N6C(=O)OC(C)(C)C)cccn4n3)cn2)CC1)C1COC1. The number of carbonyl (C=O) groups is 2. The lowest BCUT2D eigenvalue weighted by molar-refractivity contribution is -0.134. The minimum atomic E-state index is -0.518. The number of carbonyl (C=O) groups excluding carboxylic acids is 2. The van der Waals surface area contributed by atoms with Crippen molar-refractivity contribution in [1.29, 1.82) is 0 Å². The first-order valence-corrected chi connectivity index (χ1v) is 16.1. The van der Waals surface area contributed by atoms with Crippen LogP contribution >= 0.6 is 0 Å². The predicted octanol–water partition coefficient (Wildman–Crippen LogP) is 2.58. The minimum Gasteiger partial charge on any atom is -0.444 e. The lowest BCUT2D eigenvalue weighted by atomic mass is 10.0. The summed E-state index contributed by atoms with van der Waals surface area (Å²) >= 11 is 0. The van der Waals surface area contributed by atoms with Gasteiger partial charge < -0.3 is 24.6 Å². The average Bonchev–Trinajstić information content (AvgIpc) is 3.66. The van der Waals surface area contributed by atoms with Gasteiger partial charge in [0.05, 0.1) is 48.9 Å². The van der Waals surface area contributed by atoms with Gasteiger partial charge in [0.15, 0.2) is 5.65 Å². The number of piperidine rings is 1. The zero-order valence-corrected chi connectivity index (χ0v) is 26.6. The van der Waals surface area contributed by atoms with E-state index in [9.17, 15) is 9.59 Å². The van der Waals surface area contributed by atoms with E-state index in [0.717, 1.165) is 76.4 Å². The number of fused-ring (bicyclic) bond motifs is 3. The molecule has 242 valence electrons. The van der Waals surface area contributed by atoms with Gasteiger partial charge in [0.25, 0.3) is 0 Å². The first-order valence-electron chi connectivity index (χ1n) is 16.1. The Morgan fingerprint density at radius 1 is 1.09 bits per heavy atom. The number of likely N-dealkylation sites (tertiary alicyclic amines) is 1. The summed E-state index contributed by atoms with van der Waals surface area (Å²) in [6.45, 7) is 10.5. The van der Waals surface area contributed by atoms with E-state index in [1.54, 1.807) is 15.4 Å². The summed E-state index contributed by atoms with van der Waals surface area (Å²) in [6, 6.07) is 5.24. The highest BCUT2D eigenvalue weighted by Crippen LogP contribution is 2.35. The molecule has 1 N–H and O–H groups in total. The van der Waals surface area contributed by atoms with Gasteiger partial charge in [0.2, 0.25) is 11.9 Å². The maximum atomic E-state index is 13.0. The molecule has 7 heterocycles. The van der Waals surface area contributed by atoms with Gasteiger partial charge in [-0.3, -0.25) is 19.3 Å². The van der Waals surface area contributed by atoms with Crippen LogP contribution in [0.2, 0.25) is 0 Å². The highest BCUT2D eigenvalue weighted by molar-refractivity contribution is 5.76. The number of ether oxygens (including phenoxy) is 2. The number of hydrogen-bond donors (Lipinski definition) is 1. The van der Waals surface area contributed by atoms with Crippen molar-refractivity contribution < 1.29 is 19.1 Å². The van der Waals surface area contributed by atoms with E-state index in [0.29, 0.717) is 23.7 Å². The molecule has 4 fully saturated rings. The number of aromatic nitrogens is 5. The second-order valence-electron chi connectivity index (χ2n) is 13.8. The van der Waals surface area contributed by atoms with Crippen molar-refractivity contribution in [3.05, 3.63) is 30.7 Å². The van der Waals surface area contributed by atoms with E-state index >= 15 is 0 Å². The summed E-state index contributed by atoms with van der Waals surface area (Å²) in [5.74, 6) is 0.528. The van der Waals surface area contributed by atoms with Gasteiger partial charge in [0, 0.05) is 44.6 Å². The van der Waals surface area contributed by atoms with Crippen LogP contribution in [-0.4, -0.2) is 127 Å². The van der Waals surface area contributed by atoms with Gasteiger partial charge >= 0.3 is 6.09 Å². The molecule has 14 nitrogen and oxygen atoms in total. The molecule has 45 heavy (non-hydrogen) atoms. The molecule has 0 radical (unpaired) electrons. The lowest BCUT2D eigenvalue weighted by Crippen LogP contribution is -2.56. The first-order chi connectivity index (χ1) is 21.6. The summed E-state index contributed by atoms with van der Waals surface area (Å²) in [4.78, 5) is 39.4. The molecule has 14 heteroatoms. The second kappa shape index (κ2) is 11.8. The number of anilines is 3. The van der Waals surface area contributed by atoms with Gasteiger partial charge in [-0.1, -0.05) is 0 Å². The lowest BCUT2D eigenvalue weighted by Gasteiger charge is -2.43. The average molecular weight is 621 g/mol. The molecule has 4 saturated heterocycles. The van der Waals surface area contributed by atoms with Crippen LogP contribution in [0.4, 0.5) is 22.1 Å². The van der Waals surface area contributed by atoms with Crippen LogP contribution < -0.4 is 10.2 Å². The third kappa shape index (κ3) is 6.17. The van der Waals surface area contributed by atoms with E-state index in [4.69, 9.17) is 14.5 Å². The predicted molar refractivity (Wildman–Crippen MR) is 168 cm³/mol. The number of hydrogen-bond acceptors (Lipinski definition) is 10. The van der Waals surface area contributed by atoms with Crippen LogP contribution in [0.15, 0.2) is 30.7 Å². The van der Waals surface area contributed by atoms with E-state index in [1.165, 1.54) is 0 Å². The standard InChI is InChI=1S/C31H44N10O4/c1-31(2,3)45-30(43)41-23-7-8-24(41)17-38(16-23)26-6-5-11-40-28(26)34-29(35-40)33-21-14-32-39(15-21)18-27(42)37-12-9-22(10-13-37)36(4)25-19-44-20-25/h5-6,11,14-15,22-25H,7-10,12-13,16-20H2,1-4H3,(H,33,35). The molecular formula is C31H44N10O4. The van der Waals surface area contributed by atoms with E-state index in [1.807, 2.05) is 49.0 Å². The van der Waals surface area contributed by atoms with Crippen LogP contribution in [0.25, 0.3) is 5.65 Å². The Morgan fingerprint density at radius 2 is 1.82 bits per heavy atom. The fourth-order valence-electron chi connectivity index (χ4n) is 7.07. The van der Waals surface area contributed by atoms with Crippen LogP contribution in [0.3, 0.4) is 0 Å². The Kier molecular flexibility index (Phi) is 7.80. The van der Waals surface area contributed by atoms with E-state index in [-0.39, 0.29) is 30.6 Å². The van der Waals surface area contributed by atoms with Crippen molar-refractivity contribution in [2.24, 2.45) is 0 Å². The topological polar surface area (TPSA) is 126 Å². The van der Waals surface area contributed by atoms with E-state index < -0.39 is 5.60 Å². The molecule has 2 amide bonds. The van der Waals surface area contributed by atoms with Crippen LogP contribution in [0.5, 0.6) is 0 Å². The van der Waals surface area contributed by atoms with Crippen LogP contribution in [0, 0.1) is 0 Å². The van der Waals surface area contributed by atoms with Gasteiger partial charge in [-0.05, 0) is 65.6 Å². The molecule has 0 aliphatic carbocycles. The number of amides is 2. The minimum absolute atomic E-state index is 0.0777. The molecule has 7 rings (SSSR count). The number of rotatable bonds is 7. The number of pyridine rings is 1. The maximum Gasteiger partial charge on any atom is 0.410 e. The maximum absolute atomic E-state index is 13.0. The monoisotopic (exact) mass is 620 g/mol. The summed E-state index contributed by atoms with van der Waals surface area (Å²) in [5, 5.41) is 12.3. The largest absolute Gasteiger partial charge is 0.444 e. The summed E-state index contributed by atoms with van der Waals surface area (Å²) < 4.78 is 14.5. The Hall–Kier alpha value is -3.91. The molecule has 4 aliphatic heterocycles. The van der Waals surface area contributed by atoms with Crippen molar-refractivity contribution in [2.75, 3.05) is 56.7 Å². The number of nitrogens with one attached hydrogen (secondary N) is 1. The Labute approximate surface area is 263 Å². The number of nitrogens with zero attached hydrogens (tertiary/aromatic N) is 9. The molecular weight excluding hydrogens is 576 g/mol. The quantitative estimate of drug-likeness (QED) is 0.421. The summed E-state index contributed by atoms with van der Waals surface area (Å²) in [7, 11) is 2.17. The van der Waals surface area contributed by atoms with Gasteiger partial charge in [-0.25, -0.2) is 9.31 Å². The molecule has 2 atom stereocenters. The summed E-state index contributed by atoms with van der Waals surface area (Å²) in [6.07, 6.45) is 9.04. The normalized spacial score (nSPS) is 22.7. The fraction of sp³-hybridized carbons (Fsp3) is 0.645. The molecule has 3 aromatic rings. The molecule has 0 spiro atoms. The molecule has 0 saturated carbocycles. The fourth-order valence-corrected chi connectivity index (χ4v) is 7.07. The zero-order chi connectivity index (χ0) is 31.3. The molecule has 4 aliphatic rings. The van der Waals surface area contributed by atoms with Gasteiger partial charge in [-0.15, -0.1) is 5.10 Å². The zero-order valence-electron chi connectivity index (χ0n) is 26.6. The third-order valence-electron chi connectivity index (χ3n) is 9.55. The Balaban J connectivity index is 0.963. The first kappa shape index (κ1) is 29.8. The third-order valence-corrected chi connectivity index (χ3v) is 9.55. The van der Waals surface area contributed by atoms with Crippen molar-refractivity contribution >= 4 is 35.0 Å². The summed E-state index contributed by atoms with van der Waals surface area (Å²) in [5.41, 5.74) is 1.92. The van der Waals surface area contributed by atoms with Crippen LogP contribution in [0.1, 0.15) is 46.5 Å². The van der Waals surface area contributed by atoms with E-state index in [2.05, 4.69) is 38.4 Å². The van der Waals surface area contributed by atoms with Crippen molar-refractivity contribution in [1.82, 2.24) is 39.1 Å². The second-order valence-corrected chi connectivity index (χ2v) is 13.8.